The van der Waals surface area contributed by atoms with Crippen molar-refractivity contribution in [1.82, 2.24) is 0 Å². The van der Waals surface area contributed by atoms with Crippen molar-refractivity contribution in [3.63, 3.8) is 0 Å². The number of carbonyl (C=O) groups is 1. The molecule has 1 atom stereocenters. The first kappa shape index (κ1) is 12.8. The molecule has 6 heteroatoms. The molecular weight excluding hydrogens is 245 g/mol. The molecule has 1 aromatic rings. The fraction of sp³-hybridized carbons (Fsp3) is 0.300. The molecule has 0 spiro atoms. The zero-order chi connectivity index (χ0) is 12.4. The highest BCUT2D eigenvalue weighted by Crippen LogP contribution is 2.45. The van der Waals surface area contributed by atoms with Gasteiger partial charge in [-0.15, -0.1) is 0 Å². The molecule has 0 amide bonds. The van der Waals surface area contributed by atoms with Crippen molar-refractivity contribution in [3.05, 3.63) is 35.9 Å². The molecule has 88 valence electrons. The number of rotatable bonds is 2. The van der Waals surface area contributed by atoms with E-state index >= 15 is 0 Å². The van der Waals surface area contributed by atoms with Crippen LogP contribution in [-0.2, 0) is 14.4 Å². The maximum Gasteiger partial charge on any atom is 0.422 e. The predicted molar refractivity (Wildman–Crippen MR) is 52.0 cm³/mol. The van der Waals surface area contributed by atoms with Crippen LogP contribution in [-0.4, -0.2) is 19.3 Å². The van der Waals surface area contributed by atoms with E-state index in [-0.39, 0.29) is 5.56 Å². The molecule has 0 N–H and O–H groups in total. The molecule has 0 aliphatic carbocycles. The van der Waals surface area contributed by atoms with Crippen molar-refractivity contribution in [2.45, 2.75) is 11.1 Å². The molecule has 2 nitrogen and oxygen atoms in total. The fourth-order valence-electron chi connectivity index (χ4n) is 1.21. The zero-order valence-electron chi connectivity index (χ0n) is 8.22. The van der Waals surface area contributed by atoms with Gasteiger partial charge in [-0.05, 0) is 5.56 Å². The summed E-state index contributed by atoms with van der Waals surface area (Å²) in [5.41, 5.74) is -0.365. The van der Waals surface area contributed by atoms with Crippen LogP contribution in [0.4, 0.5) is 13.2 Å². The molecule has 0 bridgehead atoms. The molecule has 0 aliphatic rings. The van der Waals surface area contributed by atoms with Crippen molar-refractivity contribution >= 4 is 17.6 Å². The van der Waals surface area contributed by atoms with E-state index < -0.39 is 17.0 Å². The molecule has 16 heavy (non-hydrogen) atoms. The Hall–Kier alpha value is -1.23. The van der Waals surface area contributed by atoms with E-state index in [9.17, 15) is 18.0 Å². The van der Waals surface area contributed by atoms with Gasteiger partial charge in [-0.1, -0.05) is 41.9 Å². The number of hydrogen-bond acceptors (Lipinski definition) is 2. The molecule has 0 aromatic heterocycles. The highest BCUT2D eigenvalue weighted by Gasteiger charge is 2.61. The first-order valence-electron chi connectivity index (χ1n) is 4.23. The summed E-state index contributed by atoms with van der Waals surface area (Å²) >= 11 is 5.39. The smallest absolute Gasteiger partial charge is 0.422 e. The molecule has 0 radical (unpaired) electrons. The average molecular weight is 253 g/mol. The Bertz CT molecular complexity index is 377. The van der Waals surface area contributed by atoms with Crippen LogP contribution >= 0.6 is 11.6 Å². The van der Waals surface area contributed by atoms with Crippen LogP contribution in [0.15, 0.2) is 30.3 Å². The summed E-state index contributed by atoms with van der Waals surface area (Å²) in [6.07, 6.45) is -4.93. The number of alkyl halides is 4. The average Bonchev–Trinajstić information content (AvgIpc) is 2.26. The molecule has 0 aliphatic heterocycles. The first-order valence-corrected chi connectivity index (χ1v) is 4.61. The van der Waals surface area contributed by atoms with Crippen LogP contribution in [0.3, 0.4) is 0 Å². The van der Waals surface area contributed by atoms with Crippen molar-refractivity contribution in [1.29, 1.82) is 0 Å². The number of esters is 1. The maximum absolute atomic E-state index is 12.8. The van der Waals surface area contributed by atoms with Crippen molar-refractivity contribution < 1.29 is 22.7 Å². The topological polar surface area (TPSA) is 26.3 Å². The monoisotopic (exact) mass is 252 g/mol. The van der Waals surface area contributed by atoms with E-state index in [2.05, 4.69) is 4.74 Å². The number of halogens is 4. The van der Waals surface area contributed by atoms with Crippen LogP contribution in [0.5, 0.6) is 0 Å². The van der Waals surface area contributed by atoms with Gasteiger partial charge in [-0.2, -0.15) is 13.2 Å². The number of hydrogen-bond donors (Lipinski definition) is 0. The summed E-state index contributed by atoms with van der Waals surface area (Å²) in [6, 6.07) is 6.49. The Morgan fingerprint density at radius 1 is 1.25 bits per heavy atom. The lowest BCUT2D eigenvalue weighted by Gasteiger charge is -2.26. The molecule has 0 saturated heterocycles. The minimum Gasteiger partial charge on any atom is -0.467 e. The number of ether oxygens (including phenoxy) is 1. The maximum atomic E-state index is 12.8. The van der Waals surface area contributed by atoms with Crippen LogP contribution < -0.4 is 0 Å². The molecule has 0 fully saturated rings. The minimum atomic E-state index is -4.93. The summed E-state index contributed by atoms with van der Waals surface area (Å²) in [4.78, 5) is 8.06. The highest BCUT2D eigenvalue weighted by atomic mass is 35.5. The fourth-order valence-corrected chi connectivity index (χ4v) is 1.41. The third-order valence-corrected chi connectivity index (χ3v) is 2.62. The first-order chi connectivity index (χ1) is 7.34. The van der Waals surface area contributed by atoms with Crippen LogP contribution in [0, 0.1) is 0 Å². The number of methoxy groups -OCH3 is 1. The lowest BCUT2D eigenvalue weighted by atomic mass is 9.98. The number of carbonyl (C=O) groups excluding carboxylic acids is 1. The second-order valence-electron chi connectivity index (χ2n) is 3.01. The van der Waals surface area contributed by atoms with Crippen LogP contribution in [0.25, 0.3) is 0 Å². The van der Waals surface area contributed by atoms with E-state index in [1.165, 1.54) is 18.2 Å². The summed E-state index contributed by atoms with van der Waals surface area (Å²) in [5, 5.41) is 0. The lowest BCUT2D eigenvalue weighted by Crippen LogP contribution is -2.45. The van der Waals surface area contributed by atoms with Gasteiger partial charge in [0.1, 0.15) is 0 Å². The molecule has 0 saturated carbocycles. The normalized spacial score (nSPS) is 15.3. The molecule has 1 unspecified atom stereocenters. The van der Waals surface area contributed by atoms with Crippen LogP contribution in [0.1, 0.15) is 5.56 Å². The molecule has 0 heterocycles. The van der Waals surface area contributed by atoms with E-state index in [4.69, 9.17) is 11.6 Å². The standard InChI is InChI=1S/C10H8ClF3O2/c1-16-8(15)9(11,10(12,13)14)7-5-3-2-4-6-7/h2-6H,1H3. The highest BCUT2D eigenvalue weighted by molar-refractivity contribution is 6.34. The Morgan fingerprint density at radius 2 is 1.75 bits per heavy atom. The van der Waals surface area contributed by atoms with Gasteiger partial charge >= 0.3 is 12.1 Å². The van der Waals surface area contributed by atoms with E-state index in [0.717, 1.165) is 19.2 Å². The second kappa shape index (κ2) is 4.33. The summed E-state index contributed by atoms with van der Waals surface area (Å²) < 4.78 is 42.5. The quantitative estimate of drug-likeness (QED) is 0.598. The van der Waals surface area contributed by atoms with Gasteiger partial charge in [-0.3, -0.25) is 0 Å². The van der Waals surface area contributed by atoms with Crippen molar-refractivity contribution in [2.24, 2.45) is 0 Å². The minimum absolute atomic E-state index is 0.365. The summed E-state index contributed by atoms with van der Waals surface area (Å²) in [7, 11) is 0.855. The molecule has 1 rings (SSSR count). The predicted octanol–water partition coefficient (Wildman–Crippen LogP) is 2.86. The van der Waals surface area contributed by atoms with Crippen LogP contribution in [0.2, 0.25) is 0 Å². The van der Waals surface area contributed by atoms with Crippen molar-refractivity contribution in [2.75, 3.05) is 7.11 Å². The Morgan fingerprint density at radius 3 is 2.12 bits per heavy atom. The Balaban J connectivity index is 3.32. The second-order valence-corrected chi connectivity index (χ2v) is 3.58. The van der Waals surface area contributed by atoms with E-state index in [1.54, 1.807) is 0 Å². The van der Waals surface area contributed by atoms with Gasteiger partial charge in [0.2, 0.25) is 0 Å². The zero-order valence-corrected chi connectivity index (χ0v) is 8.97. The van der Waals surface area contributed by atoms with Gasteiger partial charge in [0.25, 0.3) is 4.87 Å². The van der Waals surface area contributed by atoms with Gasteiger partial charge < -0.3 is 4.74 Å². The van der Waals surface area contributed by atoms with Gasteiger partial charge in [0.15, 0.2) is 0 Å². The lowest BCUT2D eigenvalue weighted by molar-refractivity contribution is -0.189. The summed E-state index contributed by atoms with van der Waals surface area (Å²) in [5.74, 6) is -1.55. The molecular formula is C10H8ClF3O2. The van der Waals surface area contributed by atoms with E-state index in [1.807, 2.05) is 0 Å². The third kappa shape index (κ3) is 2.00. The Kier molecular flexibility index (Phi) is 3.48. The van der Waals surface area contributed by atoms with Crippen molar-refractivity contribution in [3.8, 4) is 0 Å². The van der Waals surface area contributed by atoms with Gasteiger partial charge in [0.05, 0.1) is 7.11 Å². The SMILES string of the molecule is COC(=O)C(Cl)(c1ccccc1)C(F)(F)F. The number of benzene rings is 1. The van der Waals surface area contributed by atoms with Gasteiger partial charge in [0, 0.05) is 0 Å². The van der Waals surface area contributed by atoms with E-state index in [0.29, 0.717) is 0 Å². The Labute approximate surface area is 95.0 Å². The van der Waals surface area contributed by atoms with Gasteiger partial charge in [-0.25, -0.2) is 4.79 Å². The largest absolute Gasteiger partial charge is 0.467 e. The molecule has 1 aromatic carbocycles. The third-order valence-electron chi connectivity index (χ3n) is 2.03. The summed E-state index contributed by atoms with van der Waals surface area (Å²) in [6.45, 7) is 0.